The fourth-order valence-corrected chi connectivity index (χ4v) is 12.1. The summed E-state index contributed by atoms with van der Waals surface area (Å²) in [5.41, 5.74) is -0.699. The topological polar surface area (TPSA) is 204 Å². The summed E-state index contributed by atoms with van der Waals surface area (Å²) in [6.45, 7) is 4.28. The van der Waals surface area contributed by atoms with Crippen LogP contribution in [-0.2, 0) is 34.1 Å². The smallest absolute Gasteiger partial charge is 0.329 e. The molecule has 5 aliphatic rings. The molecule has 17 heteroatoms. The third kappa shape index (κ3) is 9.54. The number of nitrogens with zero attached hydrogens (tertiary/aromatic N) is 6. The van der Waals surface area contributed by atoms with Crippen LogP contribution in [0, 0.1) is 23.7 Å². The predicted octanol–water partition coefficient (Wildman–Crippen LogP) is 6.21. The van der Waals surface area contributed by atoms with Crippen molar-refractivity contribution in [2.75, 3.05) is 56.3 Å². The second kappa shape index (κ2) is 21.9. The van der Waals surface area contributed by atoms with Crippen LogP contribution in [0.1, 0.15) is 98.4 Å². The zero-order valence-electron chi connectivity index (χ0n) is 42.9. The second-order valence-corrected chi connectivity index (χ2v) is 20.5. The monoisotopic (exact) mass is 1030 g/mol. The molecule has 3 saturated heterocycles. The van der Waals surface area contributed by atoms with Crippen LogP contribution < -0.4 is 19.9 Å². The number of hydrogen-bond donors (Lipinski definition) is 3. The minimum Gasteiger partial charge on any atom is -0.491 e. The number of aliphatic hydroxyl groups is 2. The fraction of sp³-hybridized carbons (Fsp3) is 0.407. The van der Waals surface area contributed by atoms with Gasteiger partial charge in [0.2, 0.25) is 17.8 Å². The van der Waals surface area contributed by atoms with Crippen molar-refractivity contribution in [2.24, 2.45) is 11.8 Å². The van der Waals surface area contributed by atoms with Crippen LogP contribution in [0.5, 0.6) is 5.75 Å². The number of urea groups is 1. The Labute approximate surface area is 442 Å². The molecule has 1 aromatic heterocycles. The lowest BCUT2D eigenvalue weighted by Crippen LogP contribution is -2.60. The van der Waals surface area contributed by atoms with Gasteiger partial charge in [0.05, 0.1) is 37.4 Å². The molecule has 4 aliphatic heterocycles. The summed E-state index contributed by atoms with van der Waals surface area (Å²) in [4.78, 5) is 93.3. The van der Waals surface area contributed by atoms with Crippen LogP contribution >= 0.6 is 0 Å². The lowest BCUT2D eigenvalue weighted by molar-refractivity contribution is -0.179. The van der Waals surface area contributed by atoms with Gasteiger partial charge in [-0.1, -0.05) is 111 Å². The van der Waals surface area contributed by atoms with Gasteiger partial charge in [0.15, 0.2) is 0 Å². The first-order valence-electron chi connectivity index (χ1n) is 26.2. The number of anilines is 2. The molecule has 76 heavy (non-hydrogen) atoms. The zero-order chi connectivity index (χ0) is 53.1. The van der Waals surface area contributed by atoms with Crippen molar-refractivity contribution >= 4 is 41.4 Å². The summed E-state index contributed by atoms with van der Waals surface area (Å²) in [7, 11) is 1.22. The highest BCUT2D eigenvalue weighted by atomic mass is 16.6. The van der Waals surface area contributed by atoms with Gasteiger partial charge in [-0.15, -0.1) is 0 Å². The third-order valence-electron chi connectivity index (χ3n) is 15.7. The Morgan fingerprint density at radius 2 is 1.47 bits per heavy atom. The number of piperazine rings is 1. The summed E-state index contributed by atoms with van der Waals surface area (Å²) < 4.78 is 17.7. The first-order valence-corrected chi connectivity index (χ1v) is 26.2. The Morgan fingerprint density at radius 3 is 2.11 bits per heavy atom. The molecule has 1 saturated carbocycles. The fourth-order valence-electron chi connectivity index (χ4n) is 12.1. The maximum Gasteiger partial charge on any atom is 0.329 e. The van der Waals surface area contributed by atoms with E-state index in [9.17, 15) is 15.0 Å². The highest BCUT2D eigenvalue weighted by Gasteiger charge is 2.76. The van der Waals surface area contributed by atoms with Gasteiger partial charge in [0.25, 0.3) is 0 Å². The quantitative estimate of drug-likeness (QED) is 0.0766. The standard InChI is InChI=1S/C59H63N7O10/c1-38(2)47(53(69)74-3)62-57(72)65-45-24-19-39(25-28-58(73)26-12-4-5-13-27-58)37-44(45)59(55(65)71)46(52(68)63-31-33-64(34-32-63)56-60-29-14-30-61-56)49-54(70)76-50(41-17-10-7-11-18-41)48(40-15-8-6-9-16-40)66(49)51(59)42-20-22-43(23-21-42)75-36-35-67/h6-11,14-24,29-30,37-38,46-51,67,73H,4-5,12-13,26-27,31-36H2,1-3H3,(H,62,72)/t46-,47-,48-,49-,50+,51+,59-/m0/s1. The number of esters is 2. The van der Waals surface area contributed by atoms with Gasteiger partial charge in [-0.25, -0.2) is 24.5 Å². The maximum atomic E-state index is 16.9. The number of carbonyl (C=O) groups excluding carboxylic acids is 5. The van der Waals surface area contributed by atoms with Gasteiger partial charge in [0, 0.05) is 44.1 Å². The first-order chi connectivity index (χ1) is 36.9. The number of nitrogens with one attached hydrogen (secondary N) is 1. The Morgan fingerprint density at radius 1 is 0.816 bits per heavy atom. The van der Waals surface area contributed by atoms with Crippen LogP contribution in [0.4, 0.5) is 16.4 Å². The molecule has 4 amide bonds. The van der Waals surface area contributed by atoms with Gasteiger partial charge in [-0.05, 0) is 90.3 Å². The Bertz CT molecular complexity index is 2990. The largest absolute Gasteiger partial charge is 0.491 e. The molecule has 0 radical (unpaired) electrons. The number of rotatable bonds is 11. The highest BCUT2D eigenvalue weighted by Crippen LogP contribution is 2.66. The number of aromatic nitrogens is 2. The Hall–Kier alpha value is -7.65. The van der Waals surface area contributed by atoms with Crippen molar-refractivity contribution in [1.82, 2.24) is 25.1 Å². The third-order valence-corrected chi connectivity index (χ3v) is 15.7. The van der Waals surface area contributed by atoms with Crippen LogP contribution in [0.15, 0.2) is 122 Å². The van der Waals surface area contributed by atoms with E-state index in [1.54, 1.807) is 79.7 Å². The Kier molecular flexibility index (Phi) is 14.9. The van der Waals surface area contributed by atoms with E-state index >= 15 is 19.2 Å². The van der Waals surface area contributed by atoms with Crippen LogP contribution in [0.2, 0.25) is 0 Å². The van der Waals surface area contributed by atoms with Crippen LogP contribution in [0.3, 0.4) is 0 Å². The zero-order valence-corrected chi connectivity index (χ0v) is 42.9. The predicted molar refractivity (Wildman–Crippen MR) is 280 cm³/mol. The molecular weight excluding hydrogens is 967 g/mol. The SMILES string of the molecule is COC(=O)[C@@H](NC(=O)N1C(=O)[C@@]2(c3cc(C#CC4(O)CCCCCC4)ccc31)[C@H](C(=O)N1CCN(c3ncccn3)CC1)[C@H]1C(=O)O[C@H](c3ccccc3)[C@H](c3ccccc3)N1[C@@H]2c1ccc(OCCO)cc1)C(C)C. The lowest BCUT2D eigenvalue weighted by atomic mass is 9.64. The molecule has 1 aliphatic carbocycles. The van der Waals surface area contributed by atoms with Gasteiger partial charge in [-0.3, -0.25) is 19.3 Å². The van der Waals surface area contributed by atoms with Crippen molar-refractivity contribution in [3.8, 4) is 17.6 Å². The minimum atomic E-state index is -2.12. The Balaban J connectivity index is 1.24. The molecule has 5 aromatic rings. The average molecular weight is 1030 g/mol. The van der Waals surface area contributed by atoms with Gasteiger partial charge in [-0.2, -0.15) is 0 Å². The van der Waals surface area contributed by atoms with Crippen molar-refractivity contribution in [3.63, 3.8) is 0 Å². The van der Waals surface area contributed by atoms with E-state index in [1.165, 1.54) is 7.11 Å². The molecular formula is C59H63N7O10. The molecule has 3 N–H and O–H groups in total. The number of methoxy groups -OCH3 is 1. The van der Waals surface area contributed by atoms with E-state index in [-0.39, 0.29) is 37.6 Å². The first kappa shape index (κ1) is 51.8. The van der Waals surface area contributed by atoms with E-state index in [0.29, 0.717) is 54.3 Å². The summed E-state index contributed by atoms with van der Waals surface area (Å²) >= 11 is 0. The van der Waals surface area contributed by atoms with E-state index in [1.807, 2.05) is 70.5 Å². The molecule has 5 heterocycles. The van der Waals surface area contributed by atoms with Gasteiger partial charge < -0.3 is 39.5 Å². The number of hydrogen-bond acceptors (Lipinski definition) is 14. The molecule has 0 bridgehead atoms. The number of benzene rings is 4. The number of cyclic esters (lactones) is 1. The number of carbonyl (C=O) groups is 5. The molecule has 17 nitrogen and oxygen atoms in total. The van der Waals surface area contributed by atoms with Gasteiger partial charge in [0.1, 0.15) is 41.6 Å². The van der Waals surface area contributed by atoms with Crippen LogP contribution in [0.25, 0.3) is 0 Å². The normalized spacial score (nSPS) is 24.4. The number of aliphatic hydroxyl groups excluding tert-OH is 1. The van der Waals surface area contributed by atoms with E-state index in [2.05, 4.69) is 27.1 Å². The number of imide groups is 1. The summed E-state index contributed by atoms with van der Waals surface area (Å²) in [6, 6.07) is 27.0. The number of morpholine rings is 1. The van der Waals surface area contributed by atoms with E-state index in [0.717, 1.165) is 36.1 Å². The summed E-state index contributed by atoms with van der Waals surface area (Å²) in [6.07, 6.45) is 6.90. The average Bonchev–Trinajstić information content (AvgIpc) is 4.02. The summed E-state index contributed by atoms with van der Waals surface area (Å²) in [5.74, 6) is 2.51. The molecule has 4 fully saturated rings. The molecule has 4 aromatic carbocycles. The van der Waals surface area contributed by atoms with Crippen molar-refractivity contribution in [2.45, 2.75) is 93.7 Å². The number of fused-ring (bicyclic) bond motifs is 3. The van der Waals surface area contributed by atoms with Gasteiger partial charge >= 0.3 is 18.0 Å². The number of ether oxygens (including phenoxy) is 3. The minimum absolute atomic E-state index is 0.0135. The summed E-state index contributed by atoms with van der Waals surface area (Å²) in [5, 5.41) is 24.3. The van der Waals surface area contributed by atoms with Crippen LogP contribution in [-0.4, -0.2) is 124 Å². The van der Waals surface area contributed by atoms with Crippen molar-refractivity contribution < 1.29 is 48.4 Å². The maximum absolute atomic E-state index is 16.9. The molecule has 7 atom stereocenters. The second-order valence-electron chi connectivity index (χ2n) is 20.5. The lowest BCUT2D eigenvalue weighted by Gasteiger charge is -2.46. The van der Waals surface area contributed by atoms with E-state index in [4.69, 9.17) is 14.2 Å². The molecule has 10 rings (SSSR count). The van der Waals surface area contributed by atoms with Crippen molar-refractivity contribution in [1.29, 1.82) is 0 Å². The molecule has 0 unspecified atom stereocenters. The molecule has 394 valence electrons. The van der Waals surface area contributed by atoms with E-state index < -0.39 is 82.9 Å². The highest BCUT2D eigenvalue weighted by molar-refractivity contribution is 6.25. The molecule has 1 spiro atoms. The number of amides is 4. The van der Waals surface area contributed by atoms with Crippen molar-refractivity contribution in [3.05, 3.63) is 149 Å².